The van der Waals surface area contributed by atoms with Crippen LogP contribution in [0.2, 0.25) is 5.15 Å². The predicted molar refractivity (Wildman–Crippen MR) is 94.8 cm³/mol. The molecule has 1 saturated carbocycles. The van der Waals surface area contributed by atoms with Crippen molar-refractivity contribution < 1.29 is 4.74 Å². The molecule has 0 aromatic carbocycles. The zero-order valence-electron chi connectivity index (χ0n) is 13.2. The summed E-state index contributed by atoms with van der Waals surface area (Å²) in [6.45, 7) is 9.10. The van der Waals surface area contributed by atoms with Crippen LogP contribution in [0, 0.1) is 8.99 Å². The van der Waals surface area contributed by atoms with E-state index in [0.717, 1.165) is 15.1 Å². The molecule has 1 atom stereocenters. The van der Waals surface area contributed by atoms with Crippen LogP contribution in [0.3, 0.4) is 0 Å². The van der Waals surface area contributed by atoms with Crippen molar-refractivity contribution in [2.45, 2.75) is 65.4 Å². The molecule has 0 amide bonds. The number of aromatic nitrogens is 2. The quantitative estimate of drug-likeness (QED) is 0.473. The summed E-state index contributed by atoms with van der Waals surface area (Å²) in [7, 11) is 0. The van der Waals surface area contributed by atoms with Crippen molar-refractivity contribution in [2.24, 2.45) is 5.41 Å². The number of hydrogen-bond donors (Lipinski definition) is 0. The molecule has 1 fully saturated rings. The number of ether oxygens (including phenoxy) is 1. The molecule has 1 unspecified atom stereocenters. The Morgan fingerprint density at radius 1 is 1.29 bits per heavy atom. The molecular weight excluding hydrogens is 399 g/mol. The molecule has 0 N–H and O–H groups in total. The van der Waals surface area contributed by atoms with Crippen LogP contribution in [0.1, 0.15) is 76.9 Å². The van der Waals surface area contributed by atoms with Gasteiger partial charge < -0.3 is 4.74 Å². The van der Waals surface area contributed by atoms with E-state index >= 15 is 0 Å². The van der Waals surface area contributed by atoms with Gasteiger partial charge in [0.2, 0.25) is 0 Å². The molecule has 1 aromatic rings. The highest BCUT2D eigenvalue weighted by Crippen LogP contribution is 2.40. The molecule has 1 aliphatic rings. The van der Waals surface area contributed by atoms with Crippen molar-refractivity contribution >= 4 is 34.2 Å². The van der Waals surface area contributed by atoms with Gasteiger partial charge in [-0.05, 0) is 47.8 Å². The number of rotatable bonds is 4. The summed E-state index contributed by atoms with van der Waals surface area (Å²) in [5.41, 5.74) is 1.07. The lowest BCUT2D eigenvalue weighted by Gasteiger charge is -2.29. The molecule has 3 nitrogen and oxygen atoms in total. The van der Waals surface area contributed by atoms with Crippen LogP contribution in [0.15, 0.2) is 0 Å². The lowest BCUT2D eigenvalue weighted by Crippen LogP contribution is -2.24. The summed E-state index contributed by atoms with van der Waals surface area (Å²) in [6, 6.07) is 0. The van der Waals surface area contributed by atoms with Crippen LogP contribution < -0.4 is 0 Å². The second-order valence-corrected chi connectivity index (χ2v) is 8.19. The smallest absolute Gasteiger partial charge is 0.159 e. The Hall–Kier alpha value is 0.0600. The first-order valence-corrected chi connectivity index (χ1v) is 9.14. The lowest BCUT2D eigenvalue weighted by atomic mass is 9.88. The van der Waals surface area contributed by atoms with E-state index in [4.69, 9.17) is 21.3 Å². The van der Waals surface area contributed by atoms with Crippen molar-refractivity contribution in [3.63, 3.8) is 0 Å². The lowest BCUT2D eigenvalue weighted by molar-refractivity contribution is -0.0193. The summed E-state index contributed by atoms with van der Waals surface area (Å²) >= 11 is 8.66. The zero-order chi connectivity index (χ0) is 15.6. The van der Waals surface area contributed by atoms with Crippen LogP contribution >= 0.6 is 34.2 Å². The fraction of sp³-hybridized carbons (Fsp3) is 0.750. The van der Waals surface area contributed by atoms with E-state index in [1.54, 1.807) is 0 Å². The van der Waals surface area contributed by atoms with E-state index in [2.05, 4.69) is 48.3 Å². The van der Waals surface area contributed by atoms with Gasteiger partial charge in [-0.1, -0.05) is 45.2 Å². The maximum absolute atomic E-state index is 6.38. The third-order valence-electron chi connectivity index (χ3n) is 3.95. The van der Waals surface area contributed by atoms with E-state index < -0.39 is 0 Å². The Balaban J connectivity index is 2.43. The monoisotopic (exact) mass is 422 g/mol. The largest absolute Gasteiger partial charge is 0.370 e. The minimum absolute atomic E-state index is 0.0565. The highest BCUT2D eigenvalue weighted by Gasteiger charge is 2.32. The summed E-state index contributed by atoms with van der Waals surface area (Å²) < 4.78 is 6.93. The van der Waals surface area contributed by atoms with Crippen molar-refractivity contribution in [2.75, 3.05) is 6.61 Å². The maximum atomic E-state index is 6.38. The minimum Gasteiger partial charge on any atom is -0.370 e. The Morgan fingerprint density at radius 2 is 1.90 bits per heavy atom. The summed E-state index contributed by atoms with van der Waals surface area (Å²) in [5, 5.41) is 0.566. The summed E-state index contributed by atoms with van der Waals surface area (Å²) in [6.07, 6.45) is 4.85. The molecule has 1 heterocycles. The average Bonchev–Trinajstić information content (AvgIpc) is 2.91. The molecule has 0 spiro atoms. The first-order chi connectivity index (χ1) is 9.84. The normalized spacial score (nSPS) is 18.2. The number of nitrogens with zero attached hydrogens (tertiary/aromatic N) is 2. The highest BCUT2D eigenvalue weighted by molar-refractivity contribution is 14.1. The summed E-state index contributed by atoms with van der Waals surface area (Å²) in [5.74, 6) is 1.26. The maximum Gasteiger partial charge on any atom is 0.159 e. The molecule has 1 aliphatic carbocycles. The Morgan fingerprint density at radius 3 is 2.43 bits per heavy atom. The molecule has 1 aromatic heterocycles. The Bertz CT molecular complexity index is 496. The fourth-order valence-electron chi connectivity index (χ4n) is 2.92. The summed E-state index contributed by atoms with van der Waals surface area (Å²) in [4.78, 5) is 9.38. The van der Waals surface area contributed by atoms with E-state index in [1.165, 1.54) is 25.7 Å². The zero-order valence-corrected chi connectivity index (χ0v) is 16.2. The topological polar surface area (TPSA) is 35.0 Å². The minimum atomic E-state index is -0.128. The van der Waals surface area contributed by atoms with E-state index in [0.29, 0.717) is 17.7 Å². The van der Waals surface area contributed by atoms with Gasteiger partial charge in [-0.2, -0.15) is 0 Å². The number of hydrogen-bond acceptors (Lipinski definition) is 3. The molecule has 118 valence electrons. The molecule has 0 saturated heterocycles. The molecule has 5 heteroatoms. The van der Waals surface area contributed by atoms with Gasteiger partial charge in [0, 0.05) is 12.5 Å². The first kappa shape index (κ1) is 17.4. The molecule has 0 radical (unpaired) electrons. The van der Waals surface area contributed by atoms with Gasteiger partial charge in [-0.15, -0.1) is 0 Å². The van der Waals surface area contributed by atoms with Crippen LogP contribution in [0.25, 0.3) is 0 Å². The van der Waals surface area contributed by atoms with Crippen LogP contribution in [-0.2, 0) is 4.74 Å². The van der Waals surface area contributed by atoms with Crippen LogP contribution in [0.5, 0.6) is 0 Å². The second-order valence-electron chi connectivity index (χ2n) is 6.75. The third-order valence-corrected chi connectivity index (χ3v) is 5.61. The highest BCUT2D eigenvalue weighted by atomic mass is 127. The Labute approximate surface area is 146 Å². The van der Waals surface area contributed by atoms with E-state index in [1.807, 2.05) is 6.92 Å². The van der Waals surface area contributed by atoms with Gasteiger partial charge >= 0.3 is 0 Å². The van der Waals surface area contributed by atoms with Gasteiger partial charge in [0.05, 0.1) is 9.26 Å². The Kier molecular flexibility index (Phi) is 5.88. The molecular formula is C16H24ClIN2O. The van der Waals surface area contributed by atoms with Crippen LogP contribution in [0.4, 0.5) is 0 Å². The van der Waals surface area contributed by atoms with Gasteiger partial charge in [0.25, 0.3) is 0 Å². The van der Waals surface area contributed by atoms with E-state index in [9.17, 15) is 0 Å². The molecule has 2 rings (SSSR count). The van der Waals surface area contributed by atoms with Gasteiger partial charge in [0.15, 0.2) is 5.82 Å². The van der Waals surface area contributed by atoms with E-state index in [-0.39, 0.29) is 11.5 Å². The molecule has 0 aliphatic heterocycles. The standard InChI is InChI=1S/C16H24ClIN2O/c1-5-21-13(16(2,3)4)15-19-12(10-8-6-7-9-10)11(18)14(17)20-15/h10,13H,5-9H2,1-4H3. The fourth-order valence-corrected chi connectivity index (χ4v) is 3.78. The number of halogens is 2. The van der Waals surface area contributed by atoms with Gasteiger partial charge in [0.1, 0.15) is 11.3 Å². The van der Waals surface area contributed by atoms with Crippen molar-refractivity contribution in [3.8, 4) is 0 Å². The predicted octanol–water partition coefficient (Wildman–Crippen LogP) is 5.52. The third kappa shape index (κ3) is 4.08. The average molecular weight is 423 g/mol. The van der Waals surface area contributed by atoms with Crippen molar-refractivity contribution in [1.82, 2.24) is 9.97 Å². The SMILES string of the molecule is CCOC(c1nc(Cl)c(I)c(C2CCCC2)n1)C(C)(C)C. The first-order valence-electron chi connectivity index (χ1n) is 7.69. The van der Waals surface area contributed by atoms with Crippen LogP contribution in [-0.4, -0.2) is 16.6 Å². The second kappa shape index (κ2) is 7.09. The molecule has 0 bridgehead atoms. The van der Waals surface area contributed by atoms with Gasteiger partial charge in [-0.25, -0.2) is 9.97 Å². The molecule has 21 heavy (non-hydrogen) atoms. The van der Waals surface area contributed by atoms with Gasteiger partial charge in [-0.3, -0.25) is 0 Å². The van der Waals surface area contributed by atoms with Crippen molar-refractivity contribution in [1.29, 1.82) is 0 Å². The van der Waals surface area contributed by atoms with Crippen molar-refractivity contribution in [3.05, 3.63) is 20.2 Å².